The van der Waals surface area contributed by atoms with Gasteiger partial charge in [-0.3, -0.25) is 24.8 Å². The van der Waals surface area contributed by atoms with E-state index in [0.717, 1.165) is 5.56 Å². The highest BCUT2D eigenvalue weighted by Crippen LogP contribution is 2.25. The Morgan fingerprint density at radius 2 is 1.65 bits per heavy atom. The van der Waals surface area contributed by atoms with Crippen LogP contribution in [0.15, 0.2) is 42.5 Å². The summed E-state index contributed by atoms with van der Waals surface area (Å²) in [4.78, 5) is 38.4. The van der Waals surface area contributed by atoms with E-state index in [1.807, 2.05) is 43.1 Å². The number of benzene rings is 2. The number of carboxylic acids is 1. The number of anilines is 1. The van der Waals surface area contributed by atoms with Gasteiger partial charge in [-0.25, -0.2) is 10.4 Å². The van der Waals surface area contributed by atoms with Gasteiger partial charge in [0.2, 0.25) is 0 Å². The fraction of sp³-hybridized carbons (Fsp3) is 0.348. The summed E-state index contributed by atoms with van der Waals surface area (Å²) in [5, 5.41) is 12.9. The lowest BCUT2D eigenvalue weighted by atomic mass is 10.1. The van der Waals surface area contributed by atoms with Crippen LogP contribution in [-0.2, 0) is 22.7 Å². The van der Waals surface area contributed by atoms with E-state index in [4.69, 9.17) is 0 Å². The molecule has 0 fully saturated rings. The molecule has 0 saturated heterocycles. The number of hydrogen-bond donors (Lipinski definition) is 3. The maximum Gasteiger partial charge on any atom is 0.323 e. The van der Waals surface area contributed by atoms with E-state index in [9.17, 15) is 19.5 Å². The lowest BCUT2D eigenvalue weighted by molar-refractivity contribution is -0.145. The van der Waals surface area contributed by atoms with Crippen LogP contribution in [0.3, 0.4) is 0 Å². The number of hydrazine groups is 2. The number of carbonyl (C=O) groups is 3. The fourth-order valence-corrected chi connectivity index (χ4v) is 3.67. The Balaban J connectivity index is 0.00000289. The zero-order chi connectivity index (χ0) is 23.3. The molecule has 1 heterocycles. The molecule has 0 aromatic heterocycles. The van der Waals surface area contributed by atoms with Gasteiger partial charge >= 0.3 is 5.97 Å². The molecule has 3 N–H and O–H groups in total. The summed E-state index contributed by atoms with van der Waals surface area (Å²) in [6.45, 7) is 5.00. The SMILES string of the molecule is CCNNC(=O)c1ccc(C)c(N(CC(=O)O)CC(=O)N(C)N2Cc3ccccc3C2)c1.Cl.Cl. The molecular weight excluding hydrogens is 481 g/mol. The summed E-state index contributed by atoms with van der Waals surface area (Å²) in [6, 6.07) is 13.1. The fourth-order valence-electron chi connectivity index (χ4n) is 3.67. The van der Waals surface area contributed by atoms with Crippen LogP contribution in [0, 0.1) is 6.92 Å². The van der Waals surface area contributed by atoms with Crippen molar-refractivity contribution in [3.05, 3.63) is 64.7 Å². The molecule has 186 valence electrons. The van der Waals surface area contributed by atoms with Gasteiger partial charge in [-0.2, -0.15) is 0 Å². The highest BCUT2D eigenvalue weighted by Gasteiger charge is 2.27. The van der Waals surface area contributed by atoms with Gasteiger partial charge in [-0.15, -0.1) is 24.8 Å². The summed E-state index contributed by atoms with van der Waals surface area (Å²) in [6.07, 6.45) is 0. The monoisotopic (exact) mass is 511 g/mol. The first kappa shape index (κ1) is 29.2. The quantitative estimate of drug-likeness (QED) is 0.443. The predicted octanol–water partition coefficient (Wildman–Crippen LogP) is 2.37. The van der Waals surface area contributed by atoms with Crippen LogP contribution in [0.2, 0.25) is 0 Å². The smallest absolute Gasteiger partial charge is 0.323 e. The molecule has 2 aromatic carbocycles. The number of amides is 2. The molecule has 0 unspecified atom stereocenters. The Morgan fingerprint density at radius 1 is 1.03 bits per heavy atom. The second-order valence-electron chi connectivity index (χ2n) is 7.74. The van der Waals surface area contributed by atoms with Crippen molar-refractivity contribution in [1.82, 2.24) is 20.9 Å². The number of rotatable bonds is 9. The minimum absolute atomic E-state index is 0. The molecule has 2 aromatic rings. The van der Waals surface area contributed by atoms with E-state index in [-0.39, 0.29) is 49.7 Å². The molecule has 0 bridgehead atoms. The van der Waals surface area contributed by atoms with Gasteiger partial charge in [-0.05, 0) is 35.7 Å². The Bertz CT molecular complexity index is 996. The number of fused-ring (bicyclic) bond motifs is 1. The Labute approximate surface area is 211 Å². The van der Waals surface area contributed by atoms with Gasteiger partial charge in [0.05, 0.1) is 6.54 Å². The molecule has 3 rings (SSSR count). The molecular formula is C23H31Cl2N5O4. The lowest BCUT2D eigenvalue weighted by Gasteiger charge is -2.31. The molecule has 0 spiro atoms. The number of likely N-dealkylation sites (N-methyl/N-ethyl adjacent to an activating group) is 1. The summed E-state index contributed by atoms with van der Waals surface area (Å²) >= 11 is 0. The first-order valence-corrected chi connectivity index (χ1v) is 10.5. The second kappa shape index (κ2) is 13.1. The third kappa shape index (κ3) is 7.07. The average molecular weight is 512 g/mol. The van der Waals surface area contributed by atoms with Gasteiger partial charge < -0.3 is 10.0 Å². The molecule has 0 saturated carbocycles. The number of aliphatic carboxylic acids is 1. The zero-order valence-corrected chi connectivity index (χ0v) is 21.0. The number of nitrogens with one attached hydrogen (secondary N) is 2. The van der Waals surface area contributed by atoms with Gasteiger partial charge in [0.15, 0.2) is 0 Å². The largest absolute Gasteiger partial charge is 0.480 e. The summed E-state index contributed by atoms with van der Waals surface area (Å²) in [5.74, 6) is -1.63. The van der Waals surface area contributed by atoms with Gasteiger partial charge in [0.25, 0.3) is 11.8 Å². The molecule has 0 radical (unpaired) electrons. The predicted molar refractivity (Wildman–Crippen MR) is 135 cm³/mol. The highest BCUT2D eigenvalue weighted by atomic mass is 35.5. The number of nitrogens with zero attached hydrogens (tertiary/aromatic N) is 3. The van der Waals surface area contributed by atoms with E-state index in [1.165, 1.54) is 16.0 Å². The number of carbonyl (C=O) groups excluding carboxylic acids is 2. The molecule has 9 nitrogen and oxygen atoms in total. The van der Waals surface area contributed by atoms with Crippen molar-refractivity contribution in [1.29, 1.82) is 0 Å². The van der Waals surface area contributed by atoms with Crippen LogP contribution in [0.5, 0.6) is 0 Å². The minimum atomic E-state index is -1.06. The van der Waals surface area contributed by atoms with Crippen molar-refractivity contribution in [3.8, 4) is 0 Å². The molecule has 2 amide bonds. The van der Waals surface area contributed by atoms with Gasteiger partial charge in [0, 0.05) is 37.9 Å². The number of carboxylic acid groups (broad SMARTS) is 1. The first-order chi connectivity index (χ1) is 15.3. The van der Waals surface area contributed by atoms with Crippen molar-refractivity contribution >= 4 is 48.3 Å². The van der Waals surface area contributed by atoms with E-state index in [0.29, 0.717) is 30.9 Å². The number of hydrogen-bond acceptors (Lipinski definition) is 6. The van der Waals surface area contributed by atoms with Crippen LogP contribution in [0.1, 0.15) is 34.0 Å². The maximum atomic E-state index is 13.1. The third-order valence-corrected chi connectivity index (χ3v) is 5.45. The summed E-state index contributed by atoms with van der Waals surface area (Å²) in [5.41, 5.74) is 9.35. The number of halogens is 2. The summed E-state index contributed by atoms with van der Waals surface area (Å²) < 4.78 is 0. The van der Waals surface area contributed by atoms with E-state index in [1.54, 1.807) is 30.3 Å². The normalized spacial score (nSPS) is 12.1. The van der Waals surface area contributed by atoms with Crippen LogP contribution >= 0.6 is 24.8 Å². The van der Waals surface area contributed by atoms with Crippen molar-refractivity contribution < 1.29 is 19.5 Å². The molecule has 1 aliphatic rings. The highest BCUT2D eigenvalue weighted by molar-refractivity contribution is 5.95. The summed E-state index contributed by atoms with van der Waals surface area (Å²) in [7, 11) is 1.69. The third-order valence-electron chi connectivity index (χ3n) is 5.45. The standard InChI is InChI=1S/C23H29N5O4.2ClH/c1-4-24-25-23(32)17-10-9-16(2)20(11-17)27(15-22(30)31)14-21(29)26(3)28-12-18-7-5-6-8-19(18)13-28;;/h5-11,24H,4,12-15H2,1-3H3,(H,25,32)(H,30,31);2*1H. The Morgan fingerprint density at radius 3 is 2.21 bits per heavy atom. The van der Waals surface area contributed by atoms with E-state index >= 15 is 0 Å². The second-order valence-corrected chi connectivity index (χ2v) is 7.74. The maximum absolute atomic E-state index is 13.1. The molecule has 0 aliphatic carbocycles. The van der Waals surface area contributed by atoms with E-state index in [2.05, 4.69) is 10.9 Å². The topological polar surface area (TPSA) is 105 Å². The van der Waals surface area contributed by atoms with Crippen molar-refractivity contribution in [2.45, 2.75) is 26.9 Å². The average Bonchev–Trinajstić information content (AvgIpc) is 3.20. The van der Waals surface area contributed by atoms with Crippen LogP contribution in [-0.4, -0.2) is 59.6 Å². The van der Waals surface area contributed by atoms with Crippen LogP contribution < -0.4 is 15.8 Å². The molecule has 11 heteroatoms. The van der Waals surface area contributed by atoms with Gasteiger partial charge in [0.1, 0.15) is 6.54 Å². The molecule has 1 aliphatic heterocycles. The van der Waals surface area contributed by atoms with Crippen molar-refractivity contribution in [3.63, 3.8) is 0 Å². The van der Waals surface area contributed by atoms with Crippen molar-refractivity contribution in [2.75, 3.05) is 31.6 Å². The zero-order valence-electron chi connectivity index (χ0n) is 19.4. The van der Waals surface area contributed by atoms with Crippen LogP contribution in [0.25, 0.3) is 0 Å². The Kier molecular flexibility index (Phi) is 11.3. The first-order valence-electron chi connectivity index (χ1n) is 10.5. The minimum Gasteiger partial charge on any atom is -0.480 e. The number of aryl methyl sites for hydroxylation is 1. The van der Waals surface area contributed by atoms with E-state index < -0.39 is 5.97 Å². The lowest BCUT2D eigenvalue weighted by Crippen LogP contribution is -2.47. The molecule has 34 heavy (non-hydrogen) atoms. The van der Waals surface area contributed by atoms with Crippen LogP contribution in [0.4, 0.5) is 5.69 Å². The Hall–Kier alpha value is -2.85. The molecule has 0 atom stereocenters. The van der Waals surface area contributed by atoms with Gasteiger partial charge in [-0.1, -0.05) is 37.3 Å². The van der Waals surface area contributed by atoms with Crippen molar-refractivity contribution in [2.24, 2.45) is 0 Å².